The van der Waals surface area contributed by atoms with Crippen LogP contribution in [0.25, 0.3) is 0 Å². The molecule has 33 heavy (non-hydrogen) atoms. The fourth-order valence-corrected chi connectivity index (χ4v) is 12.1. The third kappa shape index (κ3) is 4.41. The Kier molecular flexibility index (Phi) is 7.31. The lowest BCUT2D eigenvalue weighted by Crippen LogP contribution is -2.55. The Balaban J connectivity index is 1.70. The van der Waals surface area contributed by atoms with Gasteiger partial charge in [0.25, 0.3) is 5.79 Å². The molecular formula is C28H42O4Si. The zero-order valence-corrected chi connectivity index (χ0v) is 22.3. The number of aliphatic hydroxyl groups is 1. The molecule has 0 aromatic heterocycles. The van der Waals surface area contributed by atoms with Gasteiger partial charge >= 0.3 is 0 Å². The van der Waals surface area contributed by atoms with Crippen LogP contribution in [0.15, 0.2) is 18.2 Å². The van der Waals surface area contributed by atoms with Crippen LogP contribution in [0.2, 0.25) is 16.6 Å². The Morgan fingerprint density at radius 2 is 1.73 bits per heavy atom. The van der Waals surface area contributed by atoms with Crippen molar-refractivity contribution in [1.82, 2.24) is 0 Å². The zero-order valence-electron chi connectivity index (χ0n) is 21.3. The first-order chi connectivity index (χ1) is 15.7. The normalized spacial score (nSPS) is 27.5. The van der Waals surface area contributed by atoms with Crippen LogP contribution < -0.4 is 4.74 Å². The van der Waals surface area contributed by atoms with Gasteiger partial charge < -0.3 is 19.0 Å². The van der Waals surface area contributed by atoms with Gasteiger partial charge in [-0.2, -0.15) is 0 Å². The standard InChI is InChI=1S/C28H42O4Si/c1-19(2)33(20(3)4,21(5)6)32-27-24-18-23(13-9-12-22-10-7-8-11-22)14-15-25(24)31-28(27)26(29)16-17-30-28/h14-15,18-22,26-27,29H,7-8,10-12,16-17H2,1-6H3/t26-,27-,28-/m1/s1. The summed E-state index contributed by atoms with van der Waals surface area (Å²) in [6.07, 6.45) is 5.69. The third-order valence-electron chi connectivity index (χ3n) is 8.24. The summed E-state index contributed by atoms with van der Waals surface area (Å²) < 4.78 is 19.8. The first kappa shape index (κ1) is 24.8. The zero-order chi connectivity index (χ0) is 23.8. The summed E-state index contributed by atoms with van der Waals surface area (Å²) in [6.45, 7) is 14.2. The van der Waals surface area contributed by atoms with E-state index in [4.69, 9.17) is 13.9 Å². The maximum Gasteiger partial charge on any atom is 0.266 e. The highest BCUT2D eigenvalue weighted by atomic mass is 28.4. The highest BCUT2D eigenvalue weighted by Gasteiger charge is 2.61. The fraction of sp³-hybridized carbons (Fsp3) is 0.714. The summed E-state index contributed by atoms with van der Waals surface area (Å²) in [6, 6.07) is 6.12. The molecule has 182 valence electrons. The summed E-state index contributed by atoms with van der Waals surface area (Å²) in [5.41, 5.74) is 3.23. The molecular weight excluding hydrogens is 428 g/mol. The second-order valence-corrected chi connectivity index (χ2v) is 16.6. The Morgan fingerprint density at radius 3 is 2.30 bits per heavy atom. The summed E-state index contributed by atoms with van der Waals surface area (Å²) >= 11 is 0. The molecule has 3 atom stereocenters. The molecule has 1 aliphatic carbocycles. The molecule has 0 amide bonds. The summed E-state index contributed by atoms with van der Waals surface area (Å²) in [7, 11) is -2.25. The van der Waals surface area contributed by atoms with Crippen molar-refractivity contribution in [1.29, 1.82) is 0 Å². The molecule has 2 heterocycles. The molecule has 5 heteroatoms. The molecule has 2 aliphatic heterocycles. The van der Waals surface area contributed by atoms with Gasteiger partial charge in [-0.15, -0.1) is 0 Å². The predicted molar refractivity (Wildman–Crippen MR) is 135 cm³/mol. The predicted octanol–water partition coefficient (Wildman–Crippen LogP) is 6.72. The van der Waals surface area contributed by atoms with E-state index in [2.05, 4.69) is 59.4 Å². The average Bonchev–Trinajstić information content (AvgIpc) is 3.46. The fourth-order valence-electron chi connectivity index (χ4n) is 6.61. The van der Waals surface area contributed by atoms with Gasteiger partial charge in [0.1, 0.15) is 18.0 Å². The number of ether oxygens (including phenoxy) is 2. The van der Waals surface area contributed by atoms with Gasteiger partial charge in [-0.3, -0.25) is 0 Å². The molecule has 3 aliphatic rings. The average molecular weight is 471 g/mol. The van der Waals surface area contributed by atoms with Crippen LogP contribution in [0.1, 0.15) is 97.3 Å². The number of rotatable bonds is 6. The minimum Gasteiger partial charge on any atom is -0.456 e. The maximum absolute atomic E-state index is 11.0. The van der Waals surface area contributed by atoms with Gasteiger partial charge in [-0.05, 0) is 53.6 Å². The van der Waals surface area contributed by atoms with Crippen molar-refractivity contribution in [3.8, 4) is 17.6 Å². The van der Waals surface area contributed by atoms with Crippen molar-refractivity contribution in [3.05, 3.63) is 29.3 Å². The van der Waals surface area contributed by atoms with E-state index < -0.39 is 26.3 Å². The molecule has 0 bridgehead atoms. The number of hydrogen-bond donors (Lipinski definition) is 1. The Hall–Kier alpha value is -1.32. The second kappa shape index (κ2) is 9.74. The lowest BCUT2D eigenvalue weighted by molar-refractivity contribution is -0.230. The van der Waals surface area contributed by atoms with E-state index in [0.29, 0.717) is 29.7 Å². The highest BCUT2D eigenvalue weighted by Crippen LogP contribution is 2.55. The van der Waals surface area contributed by atoms with Crippen LogP contribution in [0.5, 0.6) is 5.75 Å². The molecule has 1 saturated heterocycles. The lowest BCUT2D eigenvalue weighted by Gasteiger charge is -2.46. The van der Waals surface area contributed by atoms with E-state index in [-0.39, 0.29) is 0 Å². The number of hydrogen-bond acceptors (Lipinski definition) is 4. The molecule has 1 saturated carbocycles. The molecule has 4 rings (SSSR count). The SMILES string of the molecule is CC(C)[Si](O[C@@H]1c2cc(C#CCC3CCCC3)ccc2O[C@@]12OCC[C@H]2O)(C(C)C)C(C)C. The second-order valence-electron chi connectivity index (χ2n) is 11.2. The minimum absolute atomic E-state index is 0.423. The molecule has 1 aromatic rings. The van der Waals surface area contributed by atoms with Crippen molar-refractivity contribution in [2.24, 2.45) is 5.92 Å². The van der Waals surface area contributed by atoms with Gasteiger partial charge in [-0.25, -0.2) is 0 Å². The van der Waals surface area contributed by atoms with Crippen LogP contribution in [-0.2, 0) is 9.16 Å². The van der Waals surface area contributed by atoms with E-state index in [0.717, 1.165) is 29.2 Å². The number of benzene rings is 1. The largest absolute Gasteiger partial charge is 0.456 e. The summed E-state index contributed by atoms with van der Waals surface area (Å²) in [4.78, 5) is 0. The van der Waals surface area contributed by atoms with E-state index >= 15 is 0 Å². The minimum atomic E-state index is -2.25. The van der Waals surface area contributed by atoms with Crippen molar-refractivity contribution in [2.75, 3.05) is 6.61 Å². The van der Waals surface area contributed by atoms with Crippen LogP contribution in [0.4, 0.5) is 0 Å². The van der Waals surface area contributed by atoms with Crippen LogP contribution in [0, 0.1) is 17.8 Å². The molecule has 1 N–H and O–H groups in total. The molecule has 1 spiro atoms. The van der Waals surface area contributed by atoms with Crippen molar-refractivity contribution in [3.63, 3.8) is 0 Å². The maximum atomic E-state index is 11.0. The van der Waals surface area contributed by atoms with Crippen LogP contribution in [-0.4, -0.2) is 31.9 Å². The van der Waals surface area contributed by atoms with Gasteiger partial charge in [0.05, 0.1) is 6.61 Å². The number of fused-ring (bicyclic) bond motifs is 1. The Bertz CT molecular complexity index is 871. The third-order valence-corrected chi connectivity index (χ3v) is 14.3. The van der Waals surface area contributed by atoms with Gasteiger partial charge in [0, 0.05) is 24.0 Å². The monoisotopic (exact) mass is 470 g/mol. The summed E-state index contributed by atoms with van der Waals surface area (Å²) in [5.74, 6) is 7.16. The molecule has 2 fully saturated rings. The Labute approximate surface area is 201 Å². The highest BCUT2D eigenvalue weighted by molar-refractivity contribution is 6.77. The van der Waals surface area contributed by atoms with Gasteiger partial charge in [0.15, 0.2) is 0 Å². The quantitative estimate of drug-likeness (QED) is 0.370. The molecule has 0 radical (unpaired) electrons. The number of aliphatic hydroxyl groups excluding tert-OH is 1. The Morgan fingerprint density at radius 1 is 1.06 bits per heavy atom. The molecule has 0 unspecified atom stereocenters. The molecule has 1 aromatic carbocycles. The van der Waals surface area contributed by atoms with Gasteiger partial charge in [-0.1, -0.05) is 66.2 Å². The van der Waals surface area contributed by atoms with Crippen molar-refractivity contribution in [2.45, 2.75) is 115 Å². The smallest absolute Gasteiger partial charge is 0.266 e. The van der Waals surface area contributed by atoms with E-state index in [9.17, 15) is 5.11 Å². The molecule has 4 nitrogen and oxygen atoms in total. The van der Waals surface area contributed by atoms with Crippen LogP contribution in [0.3, 0.4) is 0 Å². The van der Waals surface area contributed by atoms with Gasteiger partial charge in [0.2, 0.25) is 8.32 Å². The topological polar surface area (TPSA) is 47.9 Å². The lowest BCUT2D eigenvalue weighted by atomic mass is 9.98. The van der Waals surface area contributed by atoms with E-state index in [1.807, 2.05) is 12.1 Å². The van der Waals surface area contributed by atoms with E-state index in [1.165, 1.54) is 25.7 Å². The van der Waals surface area contributed by atoms with E-state index in [1.54, 1.807) is 0 Å². The van der Waals surface area contributed by atoms with Crippen molar-refractivity contribution < 1.29 is 19.0 Å². The van der Waals surface area contributed by atoms with Crippen molar-refractivity contribution >= 4 is 8.32 Å². The summed E-state index contributed by atoms with van der Waals surface area (Å²) in [5, 5.41) is 11.0. The first-order valence-corrected chi connectivity index (χ1v) is 15.2. The first-order valence-electron chi connectivity index (χ1n) is 13.0. The van der Waals surface area contributed by atoms with Crippen LogP contribution >= 0.6 is 0 Å².